The molecule has 21 heavy (non-hydrogen) atoms. The number of rotatable bonds is 5. The summed E-state index contributed by atoms with van der Waals surface area (Å²) < 4.78 is 0. The van der Waals surface area contributed by atoms with Crippen molar-refractivity contribution in [1.82, 2.24) is 0 Å². The van der Waals surface area contributed by atoms with E-state index >= 15 is 0 Å². The molecule has 4 nitrogen and oxygen atoms in total. The van der Waals surface area contributed by atoms with Gasteiger partial charge in [-0.05, 0) is 42.8 Å². The molecule has 6 heteroatoms. The second kappa shape index (κ2) is 6.74. The Morgan fingerprint density at radius 3 is 2.38 bits per heavy atom. The van der Waals surface area contributed by atoms with Crippen LogP contribution in [0.25, 0.3) is 0 Å². The molecule has 0 fully saturated rings. The van der Waals surface area contributed by atoms with Crippen molar-refractivity contribution in [2.75, 3.05) is 11.4 Å². The van der Waals surface area contributed by atoms with Gasteiger partial charge < -0.3 is 5.11 Å². The zero-order valence-electron chi connectivity index (χ0n) is 11.4. The molecule has 0 radical (unpaired) electrons. The van der Waals surface area contributed by atoms with Crippen LogP contribution in [0.3, 0.4) is 0 Å². The van der Waals surface area contributed by atoms with Crippen molar-refractivity contribution in [3.05, 3.63) is 51.2 Å². The maximum atomic E-state index is 12.5. The van der Waals surface area contributed by atoms with Crippen LogP contribution < -0.4 is 4.90 Å². The van der Waals surface area contributed by atoms with Crippen molar-refractivity contribution in [1.29, 1.82) is 0 Å². The minimum Gasteiger partial charge on any atom is -0.480 e. The number of benzene rings is 1. The van der Waals surface area contributed by atoms with Crippen molar-refractivity contribution in [3.63, 3.8) is 0 Å². The molecule has 1 heterocycles. The molecule has 110 valence electrons. The molecule has 0 unspecified atom stereocenters. The zero-order valence-corrected chi connectivity index (χ0v) is 12.9. The highest BCUT2D eigenvalue weighted by molar-refractivity contribution is 7.14. The maximum Gasteiger partial charge on any atom is 0.323 e. The lowest BCUT2D eigenvalue weighted by Gasteiger charge is -2.20. The minimum absolute atomic E-state index is 0.315. The normalized spacial score (nSPS) is 10.4. The number of nitrogens with zero attached hydrogens (tertiary/aromatic N) is 1. The Kier molecular flexibility index (Phi) is 4.98. The van der Waals surface area contributed by atoms with Crippen LogP contribution in [-0.2, 0) is 11.2 Å². The Bertz CT molecular complexity index is 651. The molecule has 1 N–H and O–H groups in total. The highest BCUT2D eigenvalue weighted by Crippen LogP contribution is 2.23. The molecule has 0 saturated heterocycles. The van der Waals surface area contributed by atoms with Crippen LogP contribution in [0.2, 0.25) is 5.02 Å². The van der Waals surface area contributed by atoms with Gasteiger partial charge in [0.25, 0.3) is 5.91 Å². The second-order valence-electron chi connectivity index (χ2n) is 4.38. The highest BCUT2D eigenvalue weighted by atomic mass is 35.5. The number of carboxylic acid groups (broad SMARTS) is 1. The van der Waals surface area contributed by atoms with E-state index in [1.165, 1.54) is 16.2 Å². The SMILES string of the molecule is CCc1ccc(C(=O)N(CC(=O)O)c2ccc(Cl)cc2)s1. The zero-order chi connectivity index (χ0) is 15.4. The van der Waals surface area contributed by atoms with Crippen molar-refractivity contribution < 1.29 is 14.7 Å². The van der Waals surface area contributed by atoms with E-state index in [2.05, 4.69) is 0 Å². The van der Waals surface area contributed by atoms with Crippen LogP contribution in [-0.4, -0.2) is 23.5 Å². The summed E-state index contributed by atoms with van der Waals surface area (Å²) in [5.41, 5.74) is 0.512. The number of aliphatic carboxylic acids is 1. The lowest BCUT2D eigenvalue weighted by Crippen LogP contribution is -2.35. The van der Waals surface area contributed by atoms with Gasteiger partial charge in [-0.15, -0.1) is 11.3 Å². The van der Waals surface area contributed by atoms with Gasteiger partial charge in [0.1, 0.15) is 6.54 Å². The summed E-state index contributed by atoms with van der Waals surface area (Å²) >= 11 is 7.21. The van der Waals surface area contributed by atoms with Crippen LogP contribution in [0, 0.1) is 0 Å². The summed E-state index contributed by atoms with van der Waals surface area (Å²) in [6, 6.07) is 10.2. The lowest BCUT2D eigenvalue weighted by atomic mass is 10.2. The quantitative estimate of drug-likeness (QED) is 0.912. The number of thiophene rings is 1. The average Bonchev–Trinajstić information content (AvgIpc) is 2.94. The third kappa shape index (κ3) is 3.83. The minimum atomic E-state index is -1.06. The van der Waals surface area contributed by atoms with Crippen LogP contribution in [0.15, 0.2) is 36.4 Å². The van der Waals surface area contributed by atoms with E-state index in [0.29, 0.717) is 15.6 Å². The number of amides is 1. The van der Waals surface area contributed by atoms with Crippen molar-refractivity contribution in [2.45, 2.75) is 13.3 Å². The molecule has 0 bridgehead atoms. The van der Waals surface area contributed by atoms with Crippen LogP contribution >= 0.6 is 22.9 Å². The fourth-order valence-electron chi connectivity index (χ4n) is 1.85. The number of hydrogen-bond donors (Lipinski definition) is 1. The topological polar surface area (TPSA) is 57.6 Å². The van der Waals surface area contributed by atoms with Gasteiger partial charge in [-0.1, -0.05) is 18.5 Å². The molecule has 1 aromatic heterocycles. The summed E-state index contributed by atoms with van der Waals surface area (Å²) in [4.78, 5) is 26.4. The molecule has 2 aromatic rings. The number of carbonyl (C=O) groups is 2. The van der Waals surface area contributed by atoms with Crippen molar-refractivity contribution in [3.8, 4) is 0 Å². The largest absolute Gasteiger partial charge is 0.480 e. The second-order valence-corrected chi connectivity index (χ2v) is 5.99. The standard InChI is InChI=1S/C15H14ClNO3S/c1-2-12-7-8-13(21-12)15(20)17(9-14(18)19)11-5-3-10(16)4-6-11/h3-8H,2,9H2,1H3,(H,18,19). The van der Waals surface area contributed by atoms with E-state index in [1.807, 2.05) is 13.0 Å². The molecule has 0 atom stereocenters. The van der Waals surface area contributed by atoms with E-state index in [9.17, 15) is 9.59 Å². The van der Waals surface area contributed by atoms with E-state index in [1.54, 1.807) is 30.3 Å². The Hall–Kier alpha value is -1.85. The van der Waals surface area contributed by atoms with Gasteiger partial charge in [-0.25, -0.2) is 0 Å². The summed E-state index contributed by atoms with van der Waals surface area (Å²) in [5, 5.41) is 9.56. The molecule has 1 amide bonds. The molecular formula is C15H14ClNO3S. The number of carboxylic acids is 1. The van der Waals surface area contributed by atoms with Crippen molar-refractivity contribution >= 4 is 40.5 Å². The predicted octanol–water partition coefficient (Wildman–Crippen LogP) is 3.70. The number of carbonyl (C=O) groups excluding carboxylic acids is 1. The maximum absolute atomic E-state index is 12.5. The van der Waals surface area contributed by atoms with E-state index in [4.69, 9.17) is 16.7 Å². The van der Waals surface area contributed by atoms with Gasteiger partial charge in [-0.2, -0.15) is 0 Å². The first-order valence-corrected chi connectivity index (χ1v) is 7.58. The van der Waals surface area contributed by atoms with Gasteiger partial charge in [0, 0.05) is 15.6 Å². The molecule has 0 saturated carbocycles. The summed E-state index contributed by atoms with van der Waals surface area (Å²) in [7, 11) is 0. The van der Waals surface area contributed by atoms with Crippen LogP contribution in [0.4, 0.5) is 5.69 Å². The van der Waals surface area contributed by atoms with Gasteiger partial charge in [0.05, 0.1) is 4.88 Å². The van der Waals surface area contributed by atoms with Crippen LogP contribution in [0.1, 0.15) is 21.5 Å². The van der Waals surface area contributed by atoms with Gasteiger partial charge in [-0.3, -0.25) is 14.5 Å². The first-order chi connectivity index (χ1) is 10.0. The molecule has 0 aliphatic rings. The monoisotopic (exact) mass is 323 g/mol. The first kappa shape index (κ1) is 15.5. The Labute approximate surface area is 131 Å². The number of aryl methyl sites for hydroxylation is 1. The molecular weight excluding hydrogens is 310 g/mol. The van der Waals surface area contributed by atoms with E-state index < -0.39 is 5.97 Å². The number of hydrogen-bond acceptors (Lipinski definition) is 3. The molecule has 1 aromatic carbocycles. The Morgan fingerprint density at radius 2 is 1.86 bits per heavy atom. The van der Waals surface area contributed by atoms with Gasteiger partial charge in [0.15, 0.2) is 0 Å². The third-order valence-electron chi connectivity index (χ3n) is 2.90. The molecule has 0 aliphatic heterocycles. The number of halogens is 1. The summed E-state index contributed by atoms with van der Waals surface area (Å²) in [6.07, 6.45) is 0.845. The van der Waals surface area contributed by atoms with E-state index in [-0.39, 0.29) is 12.5 Å². The predicted molar refractivity (Wildman–Crippen MR) is 84.5 cm³/mol. The van der Waals surface area contributed by atoms with Crippen LogP contribution in [0.5, 0.6) is 0 Å². The Balaban J connectivity index is 2.32. The summed E-state index contributed by atoms with van der Waals surface area (Å²) in [6.45, 7) is 1.62. The lowest BCUT2D eigenvalue weighted by molar-refractivity contribution is -0.135. The third-order valence-corrected chi connectivity index (χ3v) is 4.37. The Morgan fingerprint density at radius 1 is 1.19 bits per heavy atom. The fraction of sp³-hybridized carbons (Fsp3) is 0.200. The van der Waals surface area contributed by atoms with E-state index in [0.717, 1.165) is 11.3 Å². The molecule has 2 rings (SSSR count). The van der Waals surface area contributed by atoms with Gasteiger partial charge >= 0.3 is 5.97 Å². The molecule has 0 aliphatic carbocycles. The smallest absolute Gasteiger partial charge is 0.323 e. The number of anilines is 1. The average molecular weight is 324 g/mol. The van der Waals surface area contributed by atoms with Gasteiger partial charge in [0.2, 0.25) is 0 Å². The fourth-order valence-corrected chi connectivity index (χ4v) is 2.87. The highest BCUT2D eigenvalue weighted by Gasteiger charge is 2.21. The summed E-state index contributed by atoms with van der Waals surface area (Å²) in [5.74, 6) is -1.38. The van der Waals surface area contributed by atoms with Crippen molar-refractivity contribution in [2.24, 2.45) is 0 Å². The first-order valence-electron chi connectivity index (χ1n) is 6.39. The molecule has 0 spiro atoms.